The van der Waals surface area contributed by atoms with Crippen molar-refractivity contribution < 1.29 is 17.9 Å². The molecule has 0 aliphatic heterocycles. The summed E-state index contributed by atoms with van der Waals surface area (Å²) in [4.78, 5) is 29.2. The maximum atomic E-state index is 15.1. The van der Waals surface area contributed by atoms with Gasteiger partial charge >= 0.3 is 0 Å². The number of aryl methyl sites for hydroxylation is 1. The van der Waals surface area contributed by atoms with Gasteiger partial charge in [-0.3, -0.25) is 14.2 Å². The third kappa shape index (κ3) is 6.37. The number of primary amides is 1. The zero-order valence-electron chi connectivity index (χ0n) is 20.2. The molecule has 0 fully saturated rings. The van der Waals surface area contributed by atoms with Crippen LogP contribution in [0.2, 0.25) is 0 Å². The molecule has 0 radical (unpaired) electrons. The van der Waals surface area contributed by atoms with E-state index in [0.29, 0.717) is 12.1 Å². The van der Waals surface area contributed by atoms with Gasteiger partial charge in [-0.2, -0.15) is 8.70 Å². The first-order chi connectivity index (χ1) is 17.1. The average Bonchev–Trinajstić information content (AvgIpc) is 2.82. The number of rotatable bonds is 11. The smallest absolute Gasteiger partial charge is 0.255 e. The first-order valence-corrected chi connectivity index (χ1v) is 11.6. The van der Waals surface area contributed by atoms with Gasteiger partial charge in [0.2, 0.25) is 0 Å². The molecule has 2 aromatic heterocycles. The SMILES string of the molecule is CCNN(C)SONc1nccc(Cc2cc(C(N)=O)c(Nc3ccc(C)cc3F)n(C)c2=O)c1F. The van der Waals surface area contributed by atoms with Crippen LogP contribution in [-0.2, 0) is 17.8 Å². The van der Waals surface area contributed by atoms with Crippen LogP contribution in [0.5, 0.6) is 0 Å². The summed E-state index contributed by atoms with van der Waals surface area (Å²) in [6, 6.07) is 7.18. The zero-order chi connectivity index (χ0) is 26.4. The van der Waals surface area contributed by atoms with E-state index in [1.165, 1.54) is 37.5 Å². The minimum absolute atomic E-state index is 0.0202. The molecule has 5 N–H and O–H groups in total. The number of hydrogen-bond acceptors (Lipinski definition) is 9. The summed E-state index contributed by atoms with van der Waals surface area (Å²) >= 11 is 0.894. The lowest BCUT2D eigenvalue weighted by Gasteiger charge is -2.17. The summed E-state index contributed by atoms with van der Waals surface area (Å²) in [6.45, 7) is 4.32. The standard InChI is InChI=1S/C23H27F2N7O3S/c1-5-28-32(4)36-35-30-21-19(25)14(8-9-27-21)11-15-12-16(20(26)33)22(31(3)23(15)34)29-18-7-6-13(2)10-17(18)24/h6-10,12,28-29H,5,11H2,1-4H3,(H2,26,33)(H,27,30). The summed E-state index contributed by atoms with van der Waals surface area (Å²) in [5.74, 6) is -2.28. The molecule has 1 amide bonds. The van der Waals surface area contributed by atoms with Crippen LogP contribution in [0.1, 0.15) is 34.0 Å². The second-order valence-corrected chi connectivity index (χ2v) is 8.71. The van der Waals surface area contributed by atoms with Crippen molar-refractivity contribution in [3.8, 4) is 0 Å². The largest absolute Gasteiger partial charge is 0.365 e. The highest BCUT2D eigenvalue weighted by Gasteiger charge is 2.20. The number of aromatic nitrogens is 2. The Labute approximate surface area is 211 Å². The quantitative estimate of drug-likeness (QED) is 0.172. The Bertz CT molecular complexity index is 1320. The number of benzene rings is 1. The number of hydrogen-bond donors (Lipinski definition) is 4. The number of nitrogens with two attached hydrogens (primary N) is 1. The van der Waals surface area contributed by atoms with E-state index in [1.54, 1.807) is 24.5 Å². The third-order valence-corrected chi connectivity index (χ3v) is 5.66. The lowest BCUT2D eigenvalue weighted by atomic mass is 10.0. The van der Waals surface area contributed by atoms with Crippen LogP contribution in [0.3, 0.4) is 0 Å². The van der Waals surface area contributed by atoms with Crippen LogP contribution in [-0.4, -0.2) is 33.5 Å². The number of hydrazine groups is 1. The van der Waals surface area contributed by atoms with Crippen LogP contribution in [0.15, 0.2) is 41.3 Å². The fraction of sp³-hybridized carbons (Fsp3) is 0.261. The number of nitrogens with one attached hydrogen (secondary N) is 3. The van der Waals surface area contributed by atoms with Crippen LogP contribution in [0.25, 0.3) is 0 Å². The first kappa shape index (κ1) is 27.1. The van der Waals surface area contributed by atoms with E-state index in [4.69, 9.17) is 10.0 Å². The number of nitrogens with zero attached hydrogens (tertiary/aromatic N) is 3. The van der Waals surface area contributed by atoms with Gasteiger partial charge in [0.05, 0.1) is 11.3 Å². The van der Waals surface area contributed by atoms with Crippen molar-refractivity contribution in [3.63, 3.8) is 0 Å². The second-order valence-electron chi connectivity index (χ2n) is 7.85. The minimum atomic E-state index is -0.838. The summed E-state index contributed by atoms with van der Waals surface area (Å²) in [5, 5.41) is 2.78. The molecule has 13 heteroatoms. The Morgan fingerprint density at radius 3 is 2.67 bits per heavy atom. The van der Waals surface area contributed by atoms with Crippen molar-refractivity contribution >= 4 is 35.5 Å². The van der Waals surface area contributed by atoms with E-state index in [1.807, 2.05) is 6.92 Å². The summed E-state index contributed by atoms with van der Waals surface area (Å²) < 4.78 is 37.3. The maximum absolute atomic E-state index is 15.1. The minimum Gasteiger partial charge on any atom is -0.365 e. The van der Waals surface area contributed by atoms with Crippen LogP contribution < -0.4 is 27.5 Å². The Kier molecular flexibility index (Phi) is 8.98. The molecule has 0 saturated heterocycles. The molecule has 0 atom stereocenters. The van der Waals surface area contributed by atoms with E-state index in [0.717, 1.165) is 16.8 Å². The van der Waals surface area contributed by atoms with Gasteiger partial charge in [0, 0.05) is 38.8 Å². The molecule has 3 rings (SSSR count). The maximum Gasteiger partial charge on any atom is 0.255 e. The number of anilines is 3. The van der Waals surface area contributed by atoms with E-state index in [2.05, 4.69) is 21.2 Å². The van der Waals surface area contributed by atoms with Crippen LogP contribution >= 0.6 is 12.2 Å². The highest BCUT2D eigenvalue weighted by molar-refractivity contribution is 7.92. The summed E-state index contributed by atoms with van der Waals surface area (Å²) in [7, 11) is 3.13. The highest BCUT2D eigenvalue weighted by atomic mass is 32.2. The average molecular weight is 520 g/mol. The zero-order valence-corrected chi connectivity index (χ0v) is 21.0. The van der Waals surface area contributed by atoms with Crippen molar-refractivity contribution in [1.29, 1.82) is 0 Å². The summed E-state index contributed by atoms with van der Waals surface area (Å²) in [6.07, 6.45) is 1.21. The number of halogens is 2. The van der Waals surface area contributed by atoms with Gasteiger partial charge in [-0.15, -0.1) is 0 Å². The topological polar surface area (TPSA) is 127 Å². The van der Waals surface area contributed by atoms with Gasteiger partial charge in [0.25, 0.3) is 11.5 Å². The van der Waals surface area contributed by atoms with Gasteiger partial charge in [0.1, 0.15) is 23.9 Å². The van der Waals surface area contributed by atoms with E-state index >= 15 is 4.39 Å². The molecule has 2 heterocycles. The molecule has 0 spiro atoms. The Morgan fingerprint density at radius 1 is 1.25 bits per heavy atom. The van der Waals surface area contributed by atoms with E-state index in [9.17, 15) is 14.0 Å². The Hall–Kier alpha value is -3.52. The Morgan fingerprint density at radius 2 is 2.00 bits per heavy atom. The molecule has 0 aliphatic carbocycles. The van der Waals surface area contributed by atoms with Gasteiger partial charge in [-0.25, -0.2) is 24.7 Å². The Balaban J connectivity index is 1.90. The predicted octanol–water partition coefficient (Wildman–Crippen LogP) is 3.16. The molecule has 0 bridgehead atoms. The molecule has 3 aromatic rings. The highest BCUT2D eigenvalue weighted by Crippen LogP contribution is 2.25. The van der Waals surface area contributed by atoms with E-state index in [-0.39, 0.29) is 40.4 Å². The molecule has 0 unspecified atom stereocenters. The third-order valence-electron chi connectivity index (χ3n) is 5.15. The predicted molar refractivity (Wildman–Crippen MR) is 135 cm³/mol. The van der Waals surface area contributed by atoms with Crippen molar-refractivity contribution in [2.45, 2.75) is 20.3 Å². The van der Waals surface area contributed by atoms with Crippen molar-refractivity contribution in [2.75, 3.05) is 24.4 Å². The number of carbonyl (C=O) groups is 1. The molecule has 0 aliphatic rings. The summed E-state index contributed by atoms with van der Waals surface area (Å²) in [5.41, 5.74) is 11.4. The molecule has 0 saturated carbocycles. The van der Waals surface area contributed by atoms with Gasteiger partial charge in [-0.05, 0) is 42.3 Å². The molecule has 10 nitrogen and oxygen atoms in total. The van der Waals surface area contributed by atoms with Gasteiger partial charge in [-0.1, -0.05) is 13.0 Å². The first-order valence-electron chi connectivity index (χ1n) is 10.9. The number of amides is 1. The second kappa shape index (κ2) is 11.9. The van der Waals surface area contributed by atoms with E-state index < -0.39 is 23.1 Å². The van der Waals surface area contributed by atoms with Gasteiger partial charge in [0.15, 0.2) is 11.6 Å². The molecular formula is C23H27F2N7O3S. The van der Waals surface area contributed by atoms with Crippen LogP contribution in [0.4, 0.5) is 26.1 Å². The van der Waals surface area contributed by atoms with Crippen molar-refractivity contribution in [3.05, 3.63) is 80.8 Å². The molecular weight excluding hydrogens is 492 g/mol. The lowest BCUT2D eigenvalue weighted by molar-refractivity contribution is 0.100. The normalized spacial score (nSPS) is 11.1. The van der Waals surface area contributed by atoms with Crippen molar-refractivity contribution in [2.24, 2.45) is 12.8 Å². The van der Waals surface area contributed by atoms with Crippen LogP contribution in [0, 0.1) is 18.6 Å². The number of carbonyl (C=O) groups excluding carboxylic acids is 1. The molecule has 1 aromatic carbocycles. The fourth-order valence-corrected chi connectivity index (χ4v) is 3.79. The van der Waals surface area contributed by atoms with Crippen molar-refractivity contribution in [1.82, 2.24) is 19.4 Å². The molecule has 36 heavy (non-hydrogen) atoms. The lowest BCUT2D eigenvalue weighted by Crippen LogP contribution is -2.28. The van der Waals surface area contributed by atoms with Gasteiger partial charge < -0.3 is 11.1 Å². The monoisotopic (exact) mass is 519 g/mol. The fourth-order valence-electron chi connectivity index (χ4n) is 3.38. The number of pyridine rings is 2. The molecule has 192 valence electrons.